The molecule has 1 unspecified atom stereocenters. The van der Waals surface area contributed by atoms with E-state index >= 15 is 0 Å². The highest BCUT2D eigenvalue weighted by molar-refractivity contribution is 9.10. The van der Waals surface area contributed by atoms with E-state index in [1.165, 1.54) is 13.0 Å². The van der Waals surface area contributed by atoms with Crippen molar-refractivity contribution in [2.75, 3.05) is 11.9 Å². The Labute approximate surface area is 172 Å². The van der Waals surface area contributed by atoms with Crippen molar-refractivity contribution in [3.8, 4) is 0 Å². The maximum absolute atomic E-state index is 12.9. The number of hydrogen-bond donors (Lipinski definition) is 2. The van der Waals surface area contributed by atoms with Gasteiger partial charge in [-0.25, -0.2) is 4.79 Å². The fraction of sp³-hybridized carbons (Fsp3) is 0.211. The lowest BCUT2D eigenvalue weighted by Gasteiger charge is -2.23. The quantitative estimate of drug-likeness (QED) is 0.667. The SMILES string of the molecule is CC1(c2ccccc2Br)NC(=O)N(CC(=O)Nc2cccc(C(F)(F)F)c2)C1=O. The van der Waals surface area contributed by atoms with E-state index in [9.17, 15) is 27.6 Å². The van der Waals surface area contributed by atoms with Gasteiger partial charge in [0.15, 0.2) is 0 Å². The molecule has 4 amide bonds. The van der Waals surface area contributed by atoms with Gasteiger partial charge in [0.2, 0.25) is 5.91 Å². The number of anilines is 1. The molecule has 10 heteroatoms. The molecule has 2 aromatic carbocycles. The highest BCUT2D eigenvalue weighted by Gasteiger charge is 2.50. The normalized spacial score (nSPS) is 19.3. The number of alkyl halides is 3. The summed E-state index contributed by atoms with van der Waals surface area (Å²) in [6.45, 7) is 0.874. The fourth-order valence-corrected chi connectivity index (χ4v) is 3.69. The number of rotatable bonds is 4. The number of urea groups is 1. The van der Waals surface area contributed by atoms with Gasteiger partial charge in [-0.1, -0.05) is 40.2 Å². The lowest BCUT2D eigenvalue weighted by atomic mass is 9.92. The molecule has 1 aliphatic rings. The molecular formula is C19H15BrF3N3O3. The van der Waals surface area contributed by atoms with E-state index in [1.54, 1.807) is 24.3 Å². The lowest BCUT2D eigenvalue weighted by Crippen LogP contribution is -2.42. The van der Waals surface area contributed by atoms with Gasteiger partial charge in [-0.15, -0.1) is 0 Å². The predicted molar refractivity (Wildman–Crippen MR) is 102 cm³/mol. The van der Waals surface area contributed by atoms with Crippen molar-refractivity contribution < 1.29 is 27.6 Å². The highest BCUT2D eigenvalue weighted by Crippen LogP contribution is 2.34. The van der Waals surface area contributed by atoms with Crippen LogP contribution >= 0.6 is 15.9 Å². The number of imide groups is 1. The average molecular weight is 470 g/mol. The summed E-state index contributed by atoms with van der Waals surface area (Å²) in [6, 6.07) is 10.1. The number of carbonyl (C=O) groups is 3. The number of hydrogen-bond acceptors (Lipinski definition) is 3. The second-order valence-electron chi connectivity index (χ2n) is 6.55. The lowest BCUT2D eigenvalue weighted by molar-refractivity contribution is -0.137. The standard InChI is InChI=1S/C19H15BrF3N3O3/c1-18(13-7-2-3-8-14(13)20)16(28)26(17(29)25-18)10-15(27)24-12-6-4-5-11(9-12)19(21,22)23/h2-9H,10H2,1H3,(H,24,27)(H,25,29). The van der Waals surface area contributed by atoms with Crippen molar-refractivity contribution in [3.63, 3.8) is 0 Å². The van der Waals surface area contributed by atoms with Gasteiger partial charge in [0, 0.05) is 15.7 Å². The van der Waals surface area contributed by atoms with Crippen LogP contribution in [-0.2, 0) is 21.3 Å². The van der Waals surface area contributed by atoms with Gasteiger partial charge in [0.25, 0.3) is 5.91 Å². The monoisotopic (exact) mass is 469 g/mol. The molecule has 0 bridgehead atoms. The Balaban J connectivity index is 1.75. The molecule has 0 radical (unpaired) electrons. The summed E-state index contributed by atoms with van der Waals surface area (Å²) < 4.78 is 39.0. The zero-order chi connectivity index (χ0) is 21.4. The molecule has 1 heterocycles. The number of amides is 4. The van der Waals surface area contributed by atoms with Crippen LogP contribution in [0.3, 0.4) is 0 Å². The van der Waals surface area contributed by atoms with Crippen LogP contribution < -0.4 is 10.6 Å². The molecule has 29 heavy (non-hydrogen) atoms. The number of carbonyl (C=O) groups excluding carboxylic acids is 3. The molecule has 0 spiro atoms. The molecule has 6 nitrogen and oxygen atoms in total. The summed E-state index contributed by atoms with van der Waals surface area (Å²) in [5, 5.41) is 4.84. The van der Waals surface area contributed by atoms with Gasteiger partial charge in [-0.2, -0.15) is 13.2 Å². The summed E-state index contributed by atoms with van der Waals surface area (Å²) in [5.74, 6) is -1.45. The van der Waals surface area contributed by atoms with E-state index < -0.39 is 41.7 Å². The summed E-state index contributed by atoms with van der Waals surface area (Å²) in [7, 11) is 0. The van der Waals surface area contributed by atoms with E-state index in [-0.39, 0.29) is 5.69 Å². The molecule has 152 valence electrons. The van der Waals surface area contributed by atoms with Crippen molar-refractivity contribution in [3.05, 3.63) is 64.1 Å². The summed E-state index contributed by atoms with van der Waals surface area (Å²) in [4.78, 5) is 38.1. The molecule has 0 aromatic heterocycles. The second-order valence-corrected chi connectivity index (χ2v) is 7.41. The molecule has 2 N–H and O–H groups in total. The Hall–Kier alpha value is -2.88. The van der Waals surface area contributed by atoms with Crippen molar-refractivity contribution in [2.45, 2.75) is 18.6 Å². The largest absolute Gasteiger partial charge is 0.416 e. The van der Waals surface area contributed by atoms with Gasteiger partial charge in [-0.3, -0.25) is 14.5 Å². The zero-order valence-electron chi connectivity index (χ0n) is 15.0. The van der Waals surface area contributed by atoms with Crippen molar-refractivity contribution in [1.82, 2.24) is 10.2 Å². The first-order valence-electron chi connectivity index (χ1n) is 8.38. The van der Waals surface area contributed by atoms with Crippen LogP contribution in [0.2, 0.25) is 0 Å². The van der Waals surface area contributed by atoms with E-state index in [1.807, 2.05) is 0 Å². The topological polar surface area (TPSA) is 78.5 Å². The van der Waals surface area contributed by atoms with E-state index in [0.717, 1.165) is 23.1 Å². The van der Waals surface area contributed by atoms with Gasteiger partial charge in [0.1, 0.15) is 12.1 Å². The average Bonchev–Trinajstić information content (AvgIpc) is 2.85. The molecule has 1 saturated heterocycles. The maximum Gasteiger partial charge on any atom is 0.416 e. The Morgan fingerprint density at radius 3 is 2.52 bits per heavy atom. The van der Waals surface area contributed by atoms with Crippen LogP contribution in [0.25, 0.3) is 0 Å². The Bertz CT molecular complexity index is 996. The predicted octanol–water partition coefficient (Wildman–Crippen LogP) is 3.87. The molecule has 2 aromatic rings. The van der Waals surface area contributed by atoms with Crippen LogP contribution in [0, 0.1) is 0 Å². The third-order valence-electron chi connectivity index (χ3n) is 4.46. The minimum absolute atomic E-state index is 0.0922. The van der Waals surface area contributed by atoms with Gasteiger partial charge < -0.3 is 10.6 Å². The van der Waals surface area contributed by atoms with E-state index in [0.29, 0.717) is 10.0 Å². The molecule has 1 atom stereocenters. The smallest absolute Gasteiger partial charge is 0.325 e. The van der Waals surface area contributed by atoms with E-state index in [2.05, 4.69) is 26.6 Å². The number of nitrogens with zero attached hydrogens (tertiary/aromatic N) is 1. The Kier molecular flexibility index (Phi) is 5.40. The number of benzene rings is 2. The van der Waals surface area contributed by atoms with Crippen molar-refractivity contribution in [2.24, 2.45) is 0 Å². The minimum Gasteiger partial charge on any atom is -0.325 e. The van der Waals surface area contributed by atoms with Crippen molar-refractivity contribution >= 4 is 39.5 Å². The van der Waals surface area contributed by atoms with Crippen molar-refractivity contribution in [1.29, 1.82) is 0 Å². The fourth-order valence-electron chi connectivity index (χ4n) is 3.01. The first-order chi connectivity index (χ1) is 13.5. The van der Waals surface area contributed by atoms with Crippen LogP contribution in [0.15, 0.2) is 53.0 Å². The zero-order valence-corrected chi connectivity index (χ0v) is 16.6. The third-order valence-corrected chi connectivity index (χ3v) is 5.15. The second kappa shape index (κ2) is 7.51. The van der Waals surface area contributed by atoms with Crippen LogP contribution in [0.4, 0.5) is 23.7 Å². The van der Waals surface area contributed by atoms with Crippen LogP contribution in [0.5, 0.6) is 0 Å². The van der Waals surface area contributed by atoms with Crippen LogP contribution in [-0.4, -0.2) is 29.3 Å². The Morgan fingerprint density at radius 2 is 1.86 bits per heavy atom. The van der Waals surface area contributed by atoms with Gasteiger partial charge in [-0.05, 0) is 31.2 Å². The summed E-state index contributed by atoms with van der Waals surface area (Å²) >= 11 is 3.33. The molecular weight excluding hydrogens is 455 g/mol. The minimum atomic E-state index is -4.56. The van der Waals surface area contributed by atoms with Crippen LogP contribution in [0.1, 0.15) is 18.1 Å². The molecule has 0 saturated carbocycles. The molecule has 0 aliphatic carbocycles. The summed E-state index contributed by atoms with van der Waals surface area (Å²) in [6.07, 6.45) is -4.56. The maximum atomic E-state index is 12.9. The summed E-state index contributed by atoms with van der Waals surface area (Å²) in [5.41, 5.74) is -1.88. The van der Waals surface area contributed by atoms with Gasteiger partial charge >= 0.3 is 12.2 Å². The molecule has 3 rings (SSSR count). The molecule has 1 fully saturated rings. The number of nitrogens with one attached hydrogen (secondary N) is 2. The Morgan fingerprint density at radius 1 is 1.17 bits per heavy atom. The number of halogens is 4. The first-order valence-corrected chi connectivity index (χ1v) is 9.18. The van der Waals surface area contributed by atoms with E-state index in [4.69, 9.17) is 0 Å². The third kappa shape index (κ3) is 4.12. The van der Waals surface area contributed by atoms with Gasteiger partial charge in [0.05, 0.1) is 5.56 Å². The highest BCUT2D eigenvalue weighted by atomic mass is 79.9. The first kappa shape index (κ1) is 20.8. The molecule has 1 aliphatic heterocycles.